The van der Waals surface area contributed by atoms with Crippen molar-refractivity contribution in [3.63, 3.8) is 0 Å². The van der Waals surface area contributed by atoms with Gasteiger partial charge in [0.15, 0.2) is 0 Å². The maximum Gasteiger partial charge on any atom is 0.451 e. The number of halogens is 4. The van der Waals surface area contributed by atoms with Crippen molar-refractivity contribution in [3.05, 3.63) is 58.0 Å². The van der Waals surface area contributed by atoms with Crippen LogP contribution in [0.25, 0.3) is 4.48 Å². The zero-order chi connectivity index (χ0) is 17.3. The van der Waals surface area contributed by atoms with E-state index in [9.17, 15) is 21.6 Å². The Balaban J connectivity index is 2.47. The first-order valence-electron chi connectivity index (χ1n) is 6.12. The fourth-order valence-electron chi connectivity index (χ4n) is 1.59. The summed E-state index contributed by atoms with van der Waals surface area (Å²) in [6.45, 7) is 1.73. The second kappa shape index (κ2) is 6.66. The molecule has 0 atom stereocenters. The fourth-order valence-corrected chi connectivity index (χ4v) is 4.01. The van der Waals surface area contributed by atoms with Crippen LogP contribution < -0.4 is 0 Å². The molecule has 0 fully saturated rings. The summed E-state index contributed by atoms with van der Waals surface area (Å²) in [5.74, 6) is -1.61. The second-order valence-corrected chi connectivity index (χ2v) is 7.62. The molecule has 23 heavy (non-hydrogen) atoms. The molecule has 1 aromatic carbocycles. The average Bonchev–Trinajstić information content (AvgIpc) is 2.97. The molecule has 124 valence electrons. The highest BCUT2D eigenvalue weighted by atomic mass is 79.9. The van der Waals surface area contributed by atoms with E-state index in [1.807, 2.05) is 0 Å². The first kappa shape index (κ1) is 18.0. The van der Waals surface area contributed by atoms with E-state index in [2.05, 4.69) is 20.1 Å². The van der Waals surface area contributed by atoms with Gasteiger partial charge in [-0.05, 0) is 51.8 Å². The molecule has 9 heteroatoms. The molecule has 0 aliphatic heterocycles. The van der Waals surface area contributed by atoms with Crippen molar-refractivity contribution in [1.29, 1.82) is 0 Å². The number of allylic oxidation sites excluding steroid dienone is 1. The minimum Gasteiger partial charge on any atom is -0.372 e. The molecule has 2 rings (SSSR count). The molecule has 1 aromatic heterocycles. The van der Waals surface area contributed by atoms with Gasteiger partial charge in [0, 0.05) is 5.56 Å². The molecular formula is C14H10BrF3O3S2. The molecule has 0 amide bonds. The van der Waals surface area contributed by atoms with Gasteiger partial charge in [-0.2, -0.15) is 32.9 Å². The van der Waals surface area contributed by atoms with Gasteiger partial charge in [0.1, 0.15) is 4.90 Å². The van der Waals surface area contributed by atoms with Crippen LogP contribution in [0, 0.1) is 6.92 Å². The molecule has 0 unspecified atom stereocenters. The van der Waals surface area contributed by atoms with Crippen LogP contribution in [0.3, 0.4) is 0 Å². The van der Waals surface area contributed by atoms with Gasteiger partial charge in [0.05, 0.1) is 4.48 Å². The lowest BCUT2D eigenvalue weighted by molar-refractivity contribution is -0.114. The zero-order valence-corrected chi connectivity index (χ0v) is 14.8. The minimum absolute atomic E-state index is 0.182. The summed E-state index contributed by atoms with van der Waals surface area (Å²) in [6, 6.07) is 6.75. The number of rotatable bonds is 4. The monoisotopic (exact) mass is 426 g/mol. The van der Waals surface area contributed by atoms with Crippen molar-refractivity contribution in [1.82, 2.24) is 0 Å². The maximum absolute atomic E-state index is 13.2. The Bertz CT molecular complexity index is 808. The van der Waals surface area contributed by atoms with Gasteiger partial charge in [-0.15, -0.1) is 0 Å². The van der Waals surface area contributed by atoms with E-state index in [0.717, 1.165) is 5.56 Å². The largest absolute Gasteiger partial charge is 0.451 e. The molecule has 0 radical (unpaired) electrons. The van der Waals surface area contributed by atoms with E-state index < -0.39 is 26.5 Å². The highest BCUT2D eigenvalue weighted by Gasteiger charge is 2.42. The smallest absolute Gasteiger partial charge is 0.372 e. The molecule has 0 saturated heterocycles. The van der Waals surface area contributed by atoms with Gasteiger partial charge in [0.25, 0.3) is 0 Å². The molecule has 1 heterocycles. The van der Waals surface area contributed by atoms with E-state index >= 15 is 0 Å². The van der Waals surface area contributed by atoms with Crippen LogP contribution in [0.4, 0.5) is 13.2 Å². The number of thiophene rings is 1. The second-order valence-electron chi connectivity index (χ2n) is 4.50. The predicted molar refractivity (Wildman–Crippen MR) is 85.7 cm³/mol. The van der Waals surface area contributed by atoms with Crippen LogP contribution in [0.15, 0.2) is 51.7 Å². The summed E-state index contributed by atoms with van der Waals surface area (Å²) in [5, 5.41) is 3.01. The Labute approximate surface area is 143 Å². The van der Waals surface area contributed by atoms with E-state index in [0.29, 0.717) is 0 Å². The molecule has 0 saturated carbocycles. The topological polar surface area (TPSA) is 43.4 Å². The quantitative estimate of drug-likeness (QED) is 0.505. The van der Waals surface area contributed by atoms with Crippen LogP contribution in [-0.2, 0) is 14.3 Å². The lowest BCUT2D eigenvalue weighted by atomic mass is 10.2. The number of hydrogen-bond acceptors (Lipinski definition) is 4. The van der Waals surface area contributed by atoms with Gasteiger partial charge in [-0.3, -0.25) is 0 Å². The molecule has 0 aliphatic carbocycles. The average molecular weight is 427 g/mol. The van der Waals surface area contributed by atoms with Crippen molar-refractivity contribution in [2.45, 2.75) is 18.0 Å². The lowest BCUT2D eigenvalue weighted by Crippen LogP contribution is -2.19. The summed E-state index contributed by atoms with van der Waals surface area (Å²) in [7, 11) is -4.60. The van der Waals surface area contributed by atoms with E-state index in [1.165, 1.54) is 47.0 Å². The standard InChI is InChI=1S/C14H10BrF3O3S2/c1-9-2-4-11(5-3-9)23(19,20)21-13(14(16,17)18)12(15)10-6-7-22-8-10/h2-8H,1H3/b13-12-. The van der Waals surface area contributed by atoms with E-state index in [-0.39, 0.29) is 10.5 Å². The van der Waals surface area contributed by atoms with E-state index in [1.54, 1.807) is 12.3 Å². The van der Waals surface area contributed by atoms with Crippen molar-refractivity contribution >= 4 is 41.9 Å². The summed E-state index contributed by atoms with van der Waals surface area (Å²) < 4.78 is 67.7. The maximum atomic E-state index is 13.2. The Morgan fingerprint density at radius 2 is 1.78 bits per heavy atom. The van der Waals surface area contributed by atoms with Crippen molar-refractivity contribution in [2.75, 3.05) is 0 Å². The number of benzene rings is 1. The highest BCUT2D eigenvalue weighted by Crippen LogP contribution is 2.39. The summed E-state index contributed by atoms with van der Waals surface area (Å²) in [5.41, 5.74) is 0.955. The molecule has 0 N–H and O–H groups in total. The molecule has 0 aliphatic rings. The first-order chi connectivity index (χ1) is 10.6. The van der Waals surface area contributed by atoms with Crippen molar-refractivity contribution in [3.8, 4) is 0 Å². The summed E-state index contributed by atoms with van der Waals surface area (Å²) in [4.78, 5) is -0.351. The van der Waals surface area contributed by atoms with Gasteiger partial charge in [0.2, 0.25) is 5.76 Å². The van der Waals surface area contributed by atoms with Gasteiger partial charge >= 0.3 is 16.3 Å². The van der Waals surface area contributed by atoms with Crippen LogP contribution >= 0.6 is 27.3 Å². The van der Waals surface area contributed by atoms with Crippen molar-refractivity contribution in [2.24, 2.45) is 0 Å². The van der Waals surface area contributed by atoms with Crippen LogP contribution in [-0.4, -0.2) is 14.6 Å². The fraction of sp³-hybridized carbons (Fsp3) is 0.143. The highest BCUT2D eigenvalue weighted by molar-refractivity contribution is 9.15. The third-order valence-corrected chi connectivity index (χ3v) is 5.47. The Kier molecular flexibility index (Phi) is 5.22. The normalized spacial score (nSPS) is 13.6. The third kappa shape index (κ3) is 4.36. The number of hydrogen-bond donors (Lipinski definition) is 0. The van der Waals surface area contributed by atoms with Crippen molar-refractivity contribution < 1.29 is 25.8 Å². The number of alkyl halides is 3. The summed E-state index contributed by atoms with van der Waals surface area (Å²) in [6.07, 6.45) is -4.97. The number of aryl methyl sites for hydroxylation is 1. The molecule has 2 aromatic rings. The predicted octanol–water partition coefficient (Wildman–Crippen LogP) is 5.09. The molecular weight excluding hydrogens is 417 g/mol. The first-order valence-corrected chi connectivity index (χ1v) is 9.26. The lowest BCUT2D eigenvalue weighted by Gasteiger charge is -2.15. The summed E-state index contributed by atoms with van der Waals surface area (Å²) >= 11 is 3.96. The zero-order valence-electron chi connectivity index (χ0n) is 11.6. The van der Waals surface area contributed by atoms with Gasteiger partial charge < -0.3 is 4.18 Å². The SMILES string of the molecule is Cc1ccc(S(=O)(=O)O/C(=C(\Br)c2ccsc2)C(F)(F)F)cc1. The van der Waals surface area contributed by atoms with Crippen LogP contribution in [0.1, 0.15) is 11.1 Å². The Morgan fingerprint density at radius 1 is 1.17 bits per heavy atom. The minimum atomic E-state index is -4.97. The van der Waals surface area contributed by atoms with E-state index in [4.69, 9.17) is 0 Å². The molecule has 3 nitrogen and oxygen atoms in total. The van der Waals surface area contributed by atoms with Crippen LogP contribution in [0.5, 0.6) is 0 Å². The molecule has 0 bridgehead atoms. The van der Waals surface area contributed by atoms with Gasteiger partial charge in [-0.1, -0.05) is 17.7 Å². The molecule has 0 spiro atoms. The third-order valence-electron chi connectivity index (χ3n) is 2.73. The Hall–Kier alpha value is -1.32. The van der Waals surface area contributed by atoms with Gasteiger partial charge in [-0.25, -0.2) is 0 Å². The van der Waals surface area contributed by atoms with Crippen LogP contribution in [0.2, 0.25) is 0 Å². The Morgan fingerprint density at radius 3 is 2.26 bits per heavy atom.